The normalized spacial score (nSPS) is 19.1. The predicted molar refractivity (Wildman–Crippen MR) is 109 cm³/mol. The number of carboxylic acid groups (broad SMARTS) is 1. The lowest BCUT2D eigenvalue weighted by Crippen LogP contribution is -2.48. The third-order valence-electron chi connectivity index (χ3n) is 5.32. The Morgan fingerprint density at radius 1 is 1.33 bits per heavy atom. The smallest absolute Gasteiger partial charge is 0.305 e. The molecule has 1 aliphatic heterocycles. The van der Waals surface area contributed by atoms with Crippen molar-refractivity contribution in [2.45, 2.75) is 31.2 Å². The number of nitrogens with two attached hydrogens (primary N) is 1. The van der Waals surface area contributed by atoms with Gasteiger partial charge in [0.1, 0.15) is 5.82 Å². The molecule has 1 saturated heterocycles. The van der Waals surface area contributed by atoms with E-state index in [-0.39, 0.29) is 30.8 Å². The molecular formula is C19H24N8O3. The highest BCUT2D eigenvalue weighted by atomic mass is 16.4. The van der Waals surface area contributed by atoms with Crippen LogP contribution in [-0.2, 0) is 16.6 Å². The second kappa shape index (κ2) is 8.11. The number of carboxylic acids is 1. The van der Waals surface area contributed by atoms with Gasteiger partial charge in [-0.3, -0.25) is 14.3 Å². The average molecular weight is 412 g/mol. The van der Waals surface area contributed by atoms with Crippen LogP contribution >= 0.6 is 0 Å². The Morgan fingerprint density at radius 3 is 2.83 bits per heavy atom. The van der Waals surface area contributed by atoms with Crippen molar-refractivity contribution in [2.75, 3.05) is 18.8 Å². The number of nitrogen functional groups attached to an aromatic ring is 1. The highest BCUT2D eigenvalue weighted by Gasteiger charge is 2.28. The third-order valence-corrected chi connectivity index (χ3v) is 5.32. The van der Waals surface area contributed by atoms with Crippen molar-refractivity contribution in [1.82, 2.24) is 35.0 Å². The van der Waals surface area contributed by atoms with Crippen LogP contribution < -0.4 is 16.4 Å². The number of rotatable bonds is 6. The summed E-state index contributed by atoms with van der Waals surface area (Å²) in [6.07, 6.45) is 6.70. The fourth-order valence-electron chi connectivity index (χ4n) is 3.73. The number of aryl methyl sites for hydroxylation is 1. The molecule has 1 fully saturated rings. The van der Waals surface area contributed by atoms with E-state index in [0.29, 0.717) is 24.4 Å². The maximum atomic E-state index is 12.2. The number of piperidine rings is 1. The van der Waals surface area contributed by atoms with Crippen molar-refractivity contribution in [3.63, 3.8) is 0 Å². The Kier molecular flexibility index (Phi) is 5.36. The molecule has 0 radical (unpaired) electrons. The molecule has 11 heteroatoms. The molecule has 1 aliphatic rings. The summed E-state index contributed by atoms with van der Waals surface area (Å²) in [7, 11) is 1.85. The van der Waals surface area contributed by atoms with E-state index in [4.69, 9.17) is 15.8 Å². The van der Waals surface area contributed by atoms with Crippen molar-refractivity contribution in [2.24, 2.45) is 7.05 Å². The molecule has 0 spiro atoms. The highest BCUT2D eigenvalue weighted by molar-refractivity contribution is 5.82. The standard InChI is InChI=1S/C19H24N8O3/c1-26-10-12(8-23-26)13-9-24-27-16(20)6-15(25-18(13)27)11-2-3-14(22-7-11)19(30)21-5-4-17(28)29/h6,8-11,14,22H,2-5,7,20H2,1H3,(H,21,30)(H,28,29)/t11-,14-/m0/s1. The molecule has 11 nitrogen and oxygen atoms in total. The molecule has 158 valence electrons. The zero-order chi connectivity index (χ0) is 21.3. The van der Waals surface area contributed by atoms with E-state index >= 15 is 0 Å². The molecule has 30 heavy (non-hydrogen) atoms. The predicted octanol–water partition coefficient (Wildman–Crippen LogP) is 0.139. The number of fused-ring (bicyclic) bond motifs is 1. The van der Waals surface area contributed by atoms with Crippen molar-refractivity contribution >= 4 is 23.3 Å². The molecule has 5 N–H and O–H groups in total. The summed E-state index contributed by atoms with van der Waals surface area (Å²) in [5.74, 6) is -0.500. The van der Waals surface area contributed by atoms with Crippen LogP contribution in [0.3, 0.4) is 0 Å². The number of nitrogens with one attached hydrogen (secondary N) is 2. The van der Waals surface area contributed by atoms with Crippen molar-refractivity contribution in [3.05, 3.63) is 30.4 Å². The third kappa shape index (κ3) is 3.96. The molecule has 3 aromatic heterocycles. The number of aliphatic carboxylic acids is 1. The molecule has 0 unspecified atom stereocenters. The quantitative estimate of drug-likeness (QED) is 0.446. The molecule has 0 aliphatic carbocycles. The summed E-state index contributed by atoms with van der Waals surface area (Å²) >= 11 is 0. The molecule has 1 amide bonds. The Balaban J connectivity index is 1.48. The van der Waals surface area contributed by atoms with E-state index in [0.717, 1.165) is 23.2 Å². The van der Waals surface area contributed by atoms with Crippen molar-refractivity contribution in [1.29, 1.82) is 0 Å². The van der Waals surface area contributed by atoms with Gasteiger partial charge in [-0.25, -0.2) is 4.98 Å². The topological polar surface area (TPSA) is 152 Å². The fraction of sp³-hybridized carbons (Fsp3) is 0.421. The van der Waals surface area contributed by atoms with Gasteiger partial charge in [0.25, 0.3) is 0 Å². The van der Waals surface area contributed by atoms with Gasteiger partial charge in [0.15, 0.2) is 5.65 Å². The van der Waals surface area contributed by atoms with Crippen LogP contribution in [0.4, 0.5) is 5.82 Å². The van der Waals surface area contributed by atoms with Crippen LogP contribution in [0, 0.1) is 0 Å². The van der Waals surface area contributed by atoms with Gasteiger partial charge in [0.2, 0.25) is 5.91 Å². The Hall–Kier alpha value is -3.47. The minimum absolute atomic E-state index is 0.0884. The van der Waals surface area contributed by atoms with Gasteiger partial charge in [-0.1, -0.05) is 0 Å². The van der Waals surface area contributed by atoms with Crippen LogP contribution in [-0.4, -0.2) is 60.5 Å². The first-order valence-electron chi connectivity index (χ1n) is 9.78. The van der Waals surface area contributed by atoms with Gasteiger partial charge in [0.05, 0.1) is 30.6 Å². The van der Waals surface area contributed by atoms with E-state index in [9.17, 15) is 9.59 Å². The van der Waals surface area contributed by atoms with Crippen LogP contribution in [0.25, 0.3) is 16.8 Å². The minimum Gasteiger partial charge on any atom is -0.481 e. The lowest BCUT2D eigenvalue weighted by atomic mass is 9.91. The number of amides is 1. The number of hydrogen-bond acceptors (Lipinski definition) is 7. The Morgan fingerprint density at radius 2 is 2.17 bits per heavy atom. The molecule has 0 saturated carbocycles. The molecule has 3 aromatic rings. The van der Waals surface area contributed by atoms with E-state index in [1.807, 2.05) is 19.3 Å². The van der Waals surface area contributed by atoms with Gasteiger partial charge < -0.3 is 21.5 Å². The van der Waals surface area contributed by atoms with Crippen LogP contribution in [0.1, 0.15) is 30.9 Å². The van der Waals surface area contributed by atoms with Crippen LogP contribution in [0.5, 0.6) is 0 Å². The first kappa shape index (κ1) is 19.8. The zero-order valence-electron chi connectivity index (χ0n) is 16.6. The summed E-state index contributed by atoms with van der Waals surface area (Å²) in [6, 6.07) is 1.49. The summed E-state index contributed by atoms with van der Waals surface area (Å²) < 4.78 is 3.33. The summed E-state index contributed by atoms with van der Waals surface area (Å²) in [5, 5.41) is 23.1. The lowest BCUT2D eigenvalue weighted by molar-refractivity contribution is -0.137. The average Bonchev–Trinajstić information content (AvgIpc) is 3.34. The van der Waals surface area contributed by atoms with E-state index in [1.165, 1.54) is 0 Å². The van der Waals surface area contributed by atoms with E-state index < -0.39 is 5.97 Å². The largest absolute Gasteiger partial charge is 0.481 e. The Bertz CT molecular complexity index is 1080. The summed E-state index contributed by atoms with van der Waals surface area (Å²) in [4.78, 5) is 27.6. The second-order valence-electron chi connectivity index (χ2n) is 7.47. The van der Waals surface area contributed by atoms with Crippen LogP contribution in [0.15, 0.2) is 24.7 Å². The summed E-state index contributed by atoms with van der Waals surface area (Å²) in [5.41, 5.74) is 9.52. The number of nitrogens with zero attached hydrogens (tertiary/aromatic N) is 5. The van der Waals surface area contributed by atoms with Crippen molar-refractivity contribution in [3.8, 4) is 11.1 Å². The molecular weight excluding hydrogens is 388 g/mol. The van der Waals surface area contributed by atoms with Crippen molar-refractivity contribution < 1.29 is 14.7 Å². The Labute approximate surface area is 172 Å². The monoisotopic (exact) mass is 412 g/mol. The van der Waals surface area contributed by atoms with Crippen LogP contribution in [0.2, 0.25) is 0 Å². The molecule has 4 rings (SSSR count). The van der Waals surface area contributed by atoms with Gasteiger partial charge in [0, 0.05) is 49.4 Å². The fourth-order valence-corrected chi connectivity index (χ4v) is 3.73. The number of carbonyl (C=O) groups is 2. The first-order valence-corrected chi connectivity index (χ1v) is 9.78. The SMILES string of the molecule is Cn1cc(-c2cnn3c(N)cc([C@H]4CC[C@@H](C(=O)NCCC(=O)O)NC4)nc23)cn1. The van der Waals surface area contributed by atoms with Gasteiger partial charge in [-0.05, 0) is 12.8 Å². The number of carbonyl (C=O) groups excluding carboxylic acids is 1. The number of aromatic nitrogens is 5. The minimum atomic E-state index is -0.934. The number of hydrogen-bond donors (Lipinski definition) is 4. The maximum Gasteiger partial charge on any atom is 0.305 e. The molecule has 0 bridgehead atoms. The summed E-state index contributed by atoms with van der Waals surface area (Å²) in [6.45, 7) is 0.707. The molecule has 0 aromatic carbocycles. The van der Waals surface area contributed by atoms with Gasteiger partial charge >= 0.3 is 5.97 Å². The number of anilines is 1. The van der Waals surface area contributed by atoms with E-state index in [2.05, 4.69) is 20.8 Å². The zero-order valence-corrected chi connectivity index (χ0v) is 16.6. The second-order valence-corrected chi connectivity index (χ2v) is 7.47. The molecule has 4 heterocycles. The van der Waals surface area contributed by atoms with E-state index in [1.54, 1.807) is 21.6 Å². The first-order chi connectivity index (χ1) is 14.4. The van der Waals surface area contributed by atoms with Gasteiger partial charge in [-0.2, -0.15) is 14.7 Å². The lowest BCUT2D eigenvalue weighted by Gasteiger charge is -2.29. The van der Waals surface area contributed by atoms with Gasteiger partial charge in [-0.15, -0.1) is 0 Å². The molecule has 2 atom stereocenters. The maximum absolute atomic E-state index is 12.2. The highest BCUT2D eigenvalue weighted by Crippen LogP contribution is 2.29.